The van der Waals surface area contributed by atoms with Crippen molar-refractivity contribution in [3.63, 3.8) is 0 Å². The fraction of sp³-hybridized carbons (Fsp3) is 0.579. The lowest BCUT2D eigenvalue weighted by atomic mass is 9.86. The molecular weight excluding hydrogens is 368 g/mol. The molecule has 27 heavy (non-hydrogen) atoms. The van der Waals surface area contributed by atoms with Crippen molar-refractivity contribution in [2.45, 2.75) is 63.5 Å². The summed E-state index contributed by atoms with van der Waals surface area (Å²) < 4.78 is 31.7. The molecule has 0 aromatic heterocycles. The highest BCUT2D eigenvalue weighted by molar-refractivity contribution is 7.89. The first-order valence-electron chi connectivity index (χ1n) is 9.35. The topological polar surface area (TPSA) is 102 Å². The van der Waals surface area contributed by atoms with Gasteiger partial charge >= 0.3 is 5.97 Å². The molecule has 2 rings (SSSR count). The number of rotatable bonds is 7. The highest BCUT2D eigenvalue weighted by Crippen LogP contribution is 2.23. The number of nitrogens with one attached hydrogen (secondary N) is 2. The summed E-state index contributed by atoms with van der Waals surface area (Å²) in [7, 11) is -3.67. The second kappa shape index (κ2) is 9.32. The minimum absolute atomic E-state index is 0.0214. The Morgan fingerprint density at radius 2 is 1.96 bits per heavy atom. The summed E-state index contributed by atoms with van der Waals surface area (Å²) in [6.07, 6.45) is 3.30. The van der Waals surface area contributed by atoms with Crippen LogP contribution in [0.3, 0.4) is 0 Å². The summed E-state index contributed by atoms with van der Waals surface area (Å²) in [5.41, 5.74) is 0.0830. The molecule has 0 unspecified atom stereocenters. The Balaban J connectivity index is 2.00. The van der Waals surface area contributed by atoms with E-state index in [4.69, 9.17) is 4.74 Å². The van der Waals surface area contributed by atoms with E-state index in [0.717, 1.165) is 19.3 Å². The monoisotopic (exact) mass is 396 g/mol. The number of carbonyl (C=O) groups is 2. The van der Waals surface area contributed by atoms with Crippen LogP contribution in [0.1, 0.15) is 56.8 Å². The predicted octanol–water partition coefficient (Wildman–Crippen LogP) is 2.22. The van der Waals surface area contributed by atoms with Crippen molar-refractivity contribution in [2.24, 2.45) is 5.92 Å². The van der Waals surface area contributed by atoms with Crippen LogP contribution in [0.4, 0.5) is 0 Å². The second-order valence-corrected chi connectivity index (χ2v) is 8.72. The normalized spacial score (nSPS) is 21.3. The maximum atomic E-state index is 12.3. The van der Waals surface area contributed by atoms with E-state index in [1.54, 1.807) is 6.92 Å². The van der Waals surface area contributed by atoms with Crippen LogP contribution in [-0.4, -0.2) is 39.0 Å². The number of hydrogen-bond donors (Lipinski definition) is 2. The smallest absolute Gasteiger partial charge is 0.338 e. The summed E-state index contributed by atoms with van der Waals surface area (Å²) in [6, 6.07) is 5.67. The standard InChI is InChI=1S/C19H28N2O5S/c1-4-20-27(24,25)16-10-7-9-15(12-16)19(23)26-14(3)18(22)21-17-11-6-5-8-13(17)2/h7,9-10,12-14,17,20H,4-6,8,11H2,1-3H3,(H,21,22)/t13-,14-,17+/m1/s1. The van der Waals surface area contributed by atoms with Crippen LogP contribution in [0.15, 0.2) is 29.2 Å². The number of hydrogen-bond acceptors (Lipinski definition) is 5. The van der Waals surface area contributed by atoms with E-state index in [1.807, 2.05) is 0 Å². The van der Waals surface area contributed by atoms with Crippen LogP contribution in [0.2, 0.25) is 0 Å². The van der Waals surface area contributed by atoms with Crippen molar-refractivity contribution in [3.8, 4) is 0 Å². The van der Waals surface area contributed by atoms with Gasteiger partial charge in [-0.3, -0.25) is 4.79 Å². The number of ether oxygens (including phenoxy) is 1. The minimum Gasteiger partial charge on any atom is -0.449 e. The van der Waals surface area contributed by atoms with Crippen molar-refractivity contribution < 1.29 is 22.7 Å². The van der Waals surface area contributed by atoms with Gasteiger partial charge in [-0.05, 0) is 43.9 Å². The van der Waals surface area contributed by atoms with Gasteiger partial charge in [0.25, 0.3) is 5.91 Å². The molecule has 1 amide bonds. The molecule has 1 saturated carbocycles. The third-order valence-electron chi connectivity index (χ3n) is 4.81. The first kappa shape index (κ1) is 21.4. The molecule has 0 bridgehead atoms. The maximum absolute atomic E-state index is 12.3. The molecule has 1 aliphatic carbocycles. The van der Waals surface area contributed by atoms with Crippen molar-refractivity contribution >= 4 is 21.9 Å². The van der Waals surface area contributed by atoms with E-state index in [1.165, 1.54) is 37.6 Å². The van der Waals surface area contributed by atoms with Crippen LogP contribution in [0.25, 0.3) is 0 Å². The van der Waals surface area contributed by atoms with Gasteiger partial charge in [0.1, 0.15) is 0 Å². The lowest BCUT2D eigenvalue weighted by Gasteiger charge is -2.30. The lowest BCUT2D eigenvalue weighted by molar-refractivity contribution is -0.130. The van der Waals surface area contributed by atoms with Crippen LogP contribution >= 0.6 is 0 Å². The maximum Gasteiger partial charge on any atom is 0.338 e. The molecule has 7 nitrogen and oxygen atoms in total. The Labute approximate surface area is 160 Å². The molecule has 1 aliphatic rings. The van der Waals surface area contributed by atoms with Gasteiger partial charge < -0.3 is 10.1 Å². The SMILES string of the molecule is CCNS(=O)(=O)c1cccc(C(=O)O[C@H](C)C(=O)N[C@H]2CCCC[C@H]2C)c1. The highest BCUT2D eigenvalue weighted by Gasteiger charge is 2.26. The van der Waals surface area contributed by atoms with Gasteiger partial charge in [-0.2, -0.15) is 0 Å². The lowest BCUT2D eigenvalue weighted by Crippen LogP contribution is -2.46. The zero-order valence-electron chi connectivity index (χ0n) is 16.0. The molecule has 1 aromatic carbocycles. The molecule has 3 atom stereocenters. The summed E-state index contributed by atoms with van der Waals surface area (Å²) in [6.45, 7) is 5.54. The van der Waals surface area contributed by atoms with Crippen LogP contribution in [0.5, 0.6) is 0 Å². The van der Waals surface area contributed by atoms with E-state index in [-0.39, 0.29) is 29.0 Å². The molecule has 1 fully saturated rings. The molecule has 0 aliphatic heterocycles. The van der Waals surface area contributed by atoms with Crippen LogP contribution in [-0.2, 0) is 19.6 Å². The van der Waals surface area contributed by atoms with Gasteiger partial charge in [0.15, 0.2) is 6.10 Å². The van der Waals surface area contributed by atoms with Crippen molar-refractivity contribution in [3.05, 3.63) is 29.8 Å². The molecule has 0 radical (unpaired) electrons. The van der Waals surface area contributed by atoms with E-state index in [9.17, 15) is 18.0 Å². The Kier molecular flexibility index (Phi) is 7.38. The van der Waals surface area contributed by atoms with Gasteiger partial charge in [-0.1, -0.05) is 32.8 Å². The Hall–Kier alpha value is -1.93. The highest BCUT2D eigenvalue weighted by atomic mass is 32.2. The van der Waals surface area contributed by atoms with Gasteiger partial charge in [-0.25, -0.2) is 17.9 Å². The number of esters is 1. The first-order valence-corrected chi connectivity index (χ1v) is 10.8. The number of benzene rings is 1. The minimum atomic E-state index is -3.67. The van der Waals surface area contributed by atoms with Gasteiger partial charge in [0.05, 0.1) is 10.5 Å². The fourth-order valence-corrected chi connectivity index (χ4v) is 4.26. The molecule has 8 heteroatoms. The Morgan fingerprint density at radius 1 is 1.26 bits per heavy atom. The number of carbonyl (C=O) groups excluding carboxylic acids is 2. The van der Waals surface area contributed by atoms with Gasteiger partial charge in [0.2, 0.25) is 10.0 Å². The van der Waals surface area contributed by atoms with Crippen molar-refractivity contribution in [1.29, 1.82) is 0 Å². The fourth-order valence-electron chi connectivity index (χ4n) is 3.18. The van der Waals surface area contributed by atoms with E-state index >= 15 is 0 Å². The average Bonchev–Trinajstić information content (AvgIpc) is 2.63. The molecule has 0 saturated heterocycles. The summed E-state index contributed by atoms with van der Waals surface area (Å²) in [5, 5.41) is 2.96. The summed E-state index contributed by atoms with van der Waals surface area (Å²) in [4.78, 5) is 24.7. The summed E-state index contributed by atoms with van der Waals surface area (Å²) >= 11 is 0. The summed E-state index contributed by atoms with van der Waals surface area (Å²) in [5.74, 6) is -0.667. The number of amides is 1. The molecule has 0 heterocycles. The number of sulfonamides is 1. The molecule has 0 spiro atoms. The van der Waals surface area contributed by atoms with Gasteiger partial charge in [-0.15, -0.1) is 0 Å². The molecule has 150 valence electrons. The third kappa shape index (κ3) is 5.77. The van der Waals surface area contributed by atoms with Gasteiger partial charge in [0, 0.05) is 12.6 Å². The second-order valence-electron chi connectivity index (χ2n) is 6.95. The Morgan fingerprint density at radius 3 is 2.63 bits per heavy atom. The first-order chi connectivity index (χ1) is 12.7. The van der Waals surface area contributed by atoms with Crippen LogP contribution < -0.4 is 10.0 Å². The largest absolute Gasteiger partial charge is 0.449 e. The molecule has 1 aromatic rings. The quantitative estimate of drug-likeness (QED) is 0.688. The zero-order chi connectivity index (χ0) is 20.0. The average molecular weight is 397 g/mol. The Bertz CT molecular complexity index is 778. The zero-order valence-corrected chi connectivity index (χ0v) is 16.8. The molecule has 2 N–H and O–H groups in total. The predicted molar refractivity (Wildman–Crippen MR) is 102 cm³/mol. The van der Waals surface area contributed by atoms with Crippen molar-refractivity contribution in [1.82, 2.24) is 10.0 Å². The van der Waals surface area contributed by atoms with Crippen molar-refractivity contribution in [2.75, 3.05) is 6.54 Å². The van der Waals surface area contributed by atoms with E-state index < -0.39 is 22.1 Å². The third-order valence-corrected chi connectivity index (χ3v) is 6.35. The van der Waals surface area contributed by atoms with Crippen LogP contribution in [0, 0.1) is 5.92 Å². The molecular formula is C19H28N2O5S. The van der Waals surface area contributed by atoms with E-state index in [0.29, 0.717) is 5.92 Å². The van der Waals surface area contributed by atoms with E-state index in [2.05, 4.69) is 17.0 Å².